The zero-order valence-corrected chi connectivity index (χ0v) is 16.9. The van der Waals surface area contributed by atoms with Gasteiger partial charge in [0.15, 0.2) is 5.16 Å². The summed E-state index contributed by atoms with van der Waals surface area (Å²) in [5, 5.41) is 0.759. The summed E-state index contributed by atoms with van der Waals surface area (Å²) in [7, 11) is 1.37. The average molecular weight is 385 g/mol. The van der Waals surface area contributed by atoms with Gasteiger partial charge in [-0.05, 0) is 62.3 Å². The lowest BCUT2D eigenvalue weighted by atomic mass is 10.1. The molecule has 2 heterocycles. The first kappa shape index (κ1) is 19.4. The standard InChI is InChI=1S/C20H23N3O3S/c1-12-16(13(2)22-20(21-12)27-4)6-8-18(24)23-10-9-14-11-15(19(25)26-3)5-7-17(14)23/h5,7,11H,6,8-10H2,1-4H3. The van der Waals surface area contributed by atoms with E-state index in [9.17, 15) is 9.59 Å². The molecule has 0 atom stereocenters. The van der Waals surface area contributed by atoms with Gasteiger partial charge in [-0.25, -0.2) is 14.8 Å². The Kier molecular flexibility index (Phi) is 5.79. The fraction of sp³-hybridized carbons (Fsp3) is 0.400. The molecule has 0 radical (unpaired) electrons. The lowest BCUT2D eigenvalue weighted by Crippen LogP contribution is -2.29. The Morgan fingerprint density at radius 3 is 2.56 bits per heavy atom. The molecule has 0 unspecified atom stereocenters. The molecule has 3 rings (SSSR count). The molecular weight excluding hydrogens is 362 g/mol. The van der Waals surface area contributed by atoms with Crippen molar-refractivity contribution in [1.82, 2.24) is 9.97 Å². The minimum absolute atomic E-state index is 0.0762. The maximum Gasteiger partial charge on any atom is 0.337 e. The van der Waals surface area contributed by atoms with E-state index in [1.54, 1.807) is 11.0 Å². The molecule has 0 aliphatic carbocycles. The number of ether oxygens (including phenoxy) is 1. The Bertz CT molecular complexity index is 875. The van der Waals surface area contributed by atoms with Crippen molar-refractivity contribution in [2.75, 3.05) is 24.8 Å². The van der Waals surface area contributed by atoms with Crippen LogP contribution in [-0.2, 0) is 22.4 Å². The number of benzene rings is 1. The first-order valence-corrected chi connectivity index (χ1v) is 10.1. The van der Waals surface area contributed by atoms with Crippen LogP contribution in [-0.4, -0.2) is 41.8 Å². The smallest absolute Gasteiger partial charge is 0.337 e. The van der Waals surface area contributed by atoms with Crippen LogP contribution in [0.3, 0.4) is 0 Å². The molecule has 0 fully saturated rings. The van der Waals surface area contributed by atoms with Gasteiger partial charge in [0, 0.05) is 30.0 Å². The van der Waals surface area contributed by atoms with Crippen molar-refractivity contribution in [2.24, 2.45) is 0 Å². The predicted molar refractivity (Wildman–Crippen MR) is 105 cm³/mol. The Morgan fingerprint density at radius 1 is 1.22 bits per heavy atom. The molecule has 7 heteroatoms. The number of thioether (sulfide) groups is 1. The highest BCUT2D eigenvalue weighted by Gasteiger charge is 2.25. The summed E-state index contributed by atoms with van der Waals surface area (Å²) in [4.78, 5) is 35.2. The van der Waals surface area contributed by atoms with E-state index < -0.39 is 0 Å². The molecule has 142 valence electrons. The summed E-state index contributed by atoms with van der Waals surface area (Å²) in [5.41, 5.74) is 5.32. The minimum Gasteiger partial charge on any atom is -0.465 e. The second-order valence-corrected chi connectivity index (χ2v) is 7.26. The van der Waals surface area contributed by atoms with Crippen LogP contribution in [0.5, 0.6) is 0 Å². The lowest BCUT2D eigenvalue weighted by Gasteiger charge is -2.18. The summed E-state index contributed by atoms with van der Waals surface area (Å²) in [6.45, 7) is 4.57. The number of esters is 1. The third-order valence-electron chi connectivity index (χ3n) is 4.87. The molecule has 2 aromatic rings. The molecule has 0 saturated carbocycles. The molecule has 0 spiro atoms. The molecule has 0 N–H and O–H groups in total. The Balaban J connectivity index is 1.72. The van der Waals surface area contributed by atoms with Crippen LogP contribution in [0.1, 0.15) is 39.3 Å². The third-order valence-corrected chi connectivity index (χ3v) is 5.42. The van der Waals surface area contributed by atoms with Gasteiger partial charge in [-0.3, -0.25) is 4.79 Å². The fourth-order valence-corrected chi connectivity index (χ4v) is 3.89. The highest BCUT2D eigenvalue weighted by Crippen LogP contribution is 2.30. The van der Waals surface area contributed by atoms with Crippen LogP contribution in [0, 0.1) is 13.8 Å². The number of aromatic nitrogens is 2. The molecule has 1 aromatic carbocycles. The summed E-state index contributed by atoms with van der Waals surface area (Å²) in [6, 6.07) is 5.36. The number of carbonyl (C=O) groups excluding carboxylic acids is 2. The molecule has 1 aliphatic rings. The molecule has 0 bridgehead atoms. The zero-order valence-electron chi connectivity index (χ0n) is 16.0. The van der Waals surface area contributed by atoms with Gasteiger partial charge in [0.1, 0.15) is 0 Å². The summed E-state index contributed by atoms with van der Waals surface area (Å²) >= 11 is 1.52. The van der Waals surface area contributed by atoms with Gasteiger partial charge in [0.05, 0.1) is 12.7 Å². The zero-order chi connectivity index (χ0) is 19.6. The maximum absolute atomic E-state index is 12.8. The van der Waals surface area contributed by atoms with Gasteiger partial charge in [-0.1, -0.05) is 11.8 Å². The van der Waals surface area contributed by atoms with Gasteiger partial charge in [0.25, 0.3) is 0 Å². The minimum atomic E-state index is -0.359. The second kappa shape index (κ2) is 8.08. The first-order chi connectivity index (χ1) is 12.9. The number of hydrogen-bond donors (Lipinski definition) is 0. The van der Waals surface area contributed by atoms with E-state index >= 15 is 0 Å². The maximum atomic E-state index is 12.8. The highest BCUT2D eigenvalue weighted by atomic mass is 32.2. The van der Waals surface area contributed by atoms with Crippen molar-refractivity contribution in [3.63, 3.8) is 0 Å². The van der Waals surface area contributed by atoms with E-state index in [1.807, 2.05) is 32.2 Å². The highest BCUT2D eigenvalue weighted by molar-refractivity contribution is 7.98. The van der Waals surface area contributed by atoms with Crippen molar-refractivity contribution >= 4 is 29.3 Å². The number of hydrogen-bond acceptors (Lipinski definition) is 6. The van der Waals surface area contributed by atoms with E-state index in [1.165, 1.54) is 18.9 Å². The van der Waals surface area contributed by atoms with Crippen LogP contribution in [0.4, 0.5) is 5.69 Å². The first-order valence-electron chi connectivity index (χ1n) is 8.84. The van der Waals surface area contributed by atoms with Crippen molar-refractivity contribution < 1.29 is 14.3 Å². The monoisotopic (exact) mass is 385 g/mol. The summed E-state index contributed by atoms with van der Waals surface area (Å²) < 4.78 is 4.76. The molecule has 0 saturated heterocycles. The Morgan fingerprint density at radius 2 is 1.93 bits per heavy atom. The normalized spacial score (nSPS) is 12.8. The van der Waals surface area contributed by atoms with Crippen LogP contribution >= 0.6 is 11.8 Å². The molecule has 6 nitrogen and oxygen atoms in total. The number of aryl methyl sites for hydroxylation is 2. The van der Waals surface area contributed by atoms with Gasteiger partial charge >= 0.3 is 5.97 Å². The van der Waals surface area contributed by atoms with Crippen LogP contribution < -0.4 is 4.90 Å². The molecule has 1 aromatic heterocycles. The molecular formula is C20H23N3O3S. The SMILES string of the molecule is COC(=O)c1ccc2c(c1)CCN2C(=O)CCc1c(C)nc(SC)nc1C. The Labute approximate surface area is 163 Å². The van der Waals surface area contributed by atoms with Crippen molar-refractivity contribution in [3.8, 4) is 0 Å². The van der Waals surface area contributed by atoms with Gasteiger partial charge in [0.2, 0.25) is 5.91 Å². The van der Waals surface area contributed by atoms with Gasteiger partial charge in [-0.2, -0.15) is 0 Å². The predicted octanol–water partition coefficient (Wildman–Crippen LogP) is 3.12. The Hall–Kier alpha value is -2.41. The van der Waals surface area contributed by atoms with E-state index in [4.69, 9.17) is 4.74 Å². The van der Waals surface area contributed by atoms with Gasteiger partial charge < -0.3 is 9.64 Å². The van der Waals surface area contributed by atoms with Crippen molar-refractivity contribution in [1.29, 1.82) is 0 Å². The number of anilines is 1. The number of methoxy groups -OCH3 is 1. The topological polar surface area (TPSA) is 72.4 Å². The summed E-state index contributed by atoms with van der Waals surface area (Å²) in [6.07, 6.45) is 3.72. The average Bonchev–Trinajstić information content (AvgIpc) is 3.09. The van der Waals surface area contributed by atoms with Crippen molar-refractivity contribution in [2.45, 2.75) is 38.3 Å². The second-order valence-electron chi connectivity index (χ2n) is 6.49. The van der Waals surface area contributed by atoms with Crippen molar-refractivity contribution in [3.05, 3.63) is 46.3 Å². The van der Waals surface area contributed by atoms with E-state index in [0.29, 0.717) is 24.9 Å². The number of rotatable bonds is 5. The molecule has 1 amide bonds. The van der Waals surface area contributed by atoms with Crippen LogP contribution in [0.15, 0.2) is 23.4 Å². The number of nitrogens with zero attached hydrogens (tertiary/aromatic N) is 3. The number of amides is 1. The largest absolute Gasteiger partial charge is 0.465 e. The lowest BCUT2D eigenvalue weighted by molar-refractivity contribution is -0.118. The summed E-state index contributed by atoms with van der Waals surface area (Å²) in [5.74, 6) is -0.283. The number of carbonyl (C=O) groups is 2. The molecule has 1 aliphatic heterocycles. The van der Waals surface area contributed by atoms with E-state index in [-0.39, 0.29) is 11.9 Å². The fourth-order valence-electron chi connectivity index (χ4n) is 3.43. The molecule has 27 heavy (non-hydrogen) atoms. The van der Waals surface area contributed by atoms with Crippen LogP contribution in [0.2, 0.25) is 0 Å². The van der Waals surface area contributed by atoms with Gasteiger partial charge in [-0.15, -0.1) is 0 Å². The quantitative estimate of drug-likeness (QED) is 0.447. The third kappa shape index (κ3) is 3.98. The number of fused-ring (bicyclic) bond motifs is 1. The van der Waals surface area contributed by atoms with E-state index in [2.05, 4.69) is 9.97 Å². The van der Waals surface area contributed by atoms with Crippen LogP contribution in [0.25, 0.3) is 0 Å². The van der Waals surface area contributed by atoms with E-state index in [0.717, 1.165) is 39.8 Å².